The lowest BCUT2D eigenvalue weighted by atomic mass is 9.63. The third-order valence-corrected chi connectivity index (χ3v) is 4.51. The van der Waals surface area contributed by atoms with E-state index in [4.69, 9.17) is 9.47 Å². The smallest absolute Gasteiger partial charge is 0.321 e. The third-order valence-electron chi connectivity index (χ3n) is 4.51. The molecular formula is C15H20O5. The summed E-state index contributed by atoms with van der Waals surface area (Å²) >= 11 is 0. The molecule has 110 valence electrons. The van der Waals surface area contributed by atoms with Gasteiger partial charge in [0, 0.05) is 6.42 Å². The number of ketones is 1. The molecule has 4 atom stereocenters. The Kier molecular flexibility index (Phi) is 3.71. The van der Waals surface area contributed by atoms with Crippen LogP contribution in [0, 0.1) is 17.3 Å². The molecule has 1 aliphatic carbocycles. The first kappa shape index (κ1) is 14.8. The van der Waals surface area contributed by atoms with Crippen molar-refractivity contribution in [1.82, 2.24) is 0 Å². The number of hydrogen-bond donors (Lipinski definition) is 0. The van der Waals surface area contributed by atoms with E-state index in [1.165, 1.54) is 0 Å². The predicted octanol–water partition coefficient (Wildman–Crippen LogP) is 1.65. The number of Topliss-reactive ketones (excluding diaryl/α,β-unsaturated/α-hetero) is 1. The molecule has 0 radical (unpaired) electrons. The van der Waals surface area contributed by atoms with E-state index in [9.17, 15) is 14.4 Å². The van der Waals surface area contributed by atoms with Crippen molar-refractivity contribution in [2.45, 2.75) is 39.7 Å². The van der Waals surface area contributed by atoms with Crippen LogP contribution in [0.4, 0.5) is 0 Å². The largest absolute Gasteiger partial charge is 0.465 e. The molecule has 0 amide bonds. The van der Waals surface area contributed by atoms with Crippen molar-refractivity contribution in [2.75, 3.05) is 6.61 Å². The van der Waals surface area contributed by atoms with E-state index < -0.39 is 29.4 Å². The van der Waals surface area contributed by atoms with Crippen molar-refractivity contribution < 1.29 is 23.9 Å². The van der Waals surface area contributed by atoms with Crippen LogP contribution >= 0.6 is 0 Å². The lowest BCUT2D eigenvalue weighted by Crippen LogP contribution is -2.49. The summed E-state index contributed by atoms with van der Waals surface area (Å²) in [5, 5.41) is 0. The summed E-state index contributed by atoms with van der Waals surface area (Å²) in [6.07, 6.45) is 0.279. The van der Waals surface area contributed by atoms with E-state index in [1.54, 1.807) is 13.8 Å². The highest BCUT2D eigenvalue weighted by Crippen LogP contribution is 2.50. The molecule has 1 saturated heterocycles. The molecule has 0 aromatic carbocycles. The molecule has 1 aliphatic heterocycles. The van der Waals surface area contributed by atoms with Crippen LogP contribution < -0.4 is 0 Å². The van der Waals surface area contributed by atoms with Gasteiger partial charge < -0.3 is 9.47 Å². The standard InChI is InChI=1S/C15H20O5/c1-5-19-13(17)12-14(18)20-11-7-9(8(2)3)6-10(16)15(11,12)4/h9,11-12H,2,5-7H2,1,3-4H3/t9-,11+,12+,15-/m0/s1. The van der Waals surface area contributed by atoms with Crippen LogP contribution in [0.1, 0.15) is 33.6 Å². The molecule has 0 bridgehead atoms. The lowest BCUT2D eigenvalue weighted by molar-refractivity contribution is -0.159. The summed E-state index contributed by atoms with van der Waals surface area (Å²) < 4.78 is 10.2. The molecule has 5 heteroatoms. The van der Waals surface area contributed by atoms with E-state index in [0.717, 1.165) is 5.57 Å². The second kappa shape index (κ2) is 5.04. The Morgan fingerprint density at radius 2 is 2.15 bits per heavy atom. The first-order chi connectivity index (χ1) is 9.32. The molecule has 0 unspecified atom stereocenters. The highest BCUT2D eigenvalue weighted by Gasteiger charge is 2.64. The minimum Gasteiger partial charge on any atom is -0.465 e. The summed E-state index contributed by atoms with van der Waals surface area (Å²) in [6.45, 7) is 9.21. The SMILES string of the molecule is C=C(C)[C@H]1CC(=O)[C@]2(C)[C@H](C(=O)OCC)C(=O)O[C@@H]2C1. The molecule has 0 spiro atoms. The Balaban J connectivity index is 2.32. The zero-order valence-electron chi connectivity index (χ0n) is 12.1. The van der Waals surface area contributed by atoms with Crippen LogP contribution in [-0.4, -0.2) is 30.4 Å². The van der Waals surface area contributed by atoms with Crippen molar-refractivity contribution in [3.8, 4) is 0 Å². The molecule has 5 nitrogen and oxygen atoms in total. The molecule has 0 aromatic heterocycles. The first-order valence-corrected chi connectivity index (χ1v) is 6.88. The maximum absolute atomic E-state index is 12.5. The minimum absolute atomic E-state index is 0.00863. The van der Waals surface area contributed by atoms with Gasteiger partial charge in [-0.15, -0.1) is 0 Å². The lowest BCUT2D eigenvalue weighted by Gasteiger charge is -2.38. The van der Waals surface area contributed by atoms with Gasteiger partial charge in [0.25, 0.3) is 0 Å². The normalized spacial score (nSPS) is 36.2. The molecule has 2 fully saturated rings. The summed E-state index contributed by atoms with van der Waals surface area (Å²) in [7, 11) is 0. The Hall–Kier alpha value is -1.65. The van der Waals surface area contributed by atoms with Gasteiger partial charge in [-0.2, -0.15) is 0 Å². The first-order valence-electron chi connectivity index (χ1n) is 6.88. The van der Waals surface area contributed by atoms with Gasteiger partial charge in [-0.05, 0) is 33.1 Å². The number of rotatable bonds is 3. The average molecular weight is 280 g/mol. The number of ether oxygens (including phenoxy) is 2. The fourth-order valence-electron chi connectivity index (χ4n) is 3.12. The summed E-state index contributed by atoms with van der Waals surface area (Å²) in [5.74, 6) is -2.55. The number of esters is 2. The summed E-state index contributed by atoms with van der Waals surface area (Å²) in [5.41, 5.74) is -0.203. The number of carbonyl (C=O) groups is 3. The van der Waals surface area contributed by atoms with Gasteiger partial charge in [0.15, 0.2) is 5.92 Å². The van der Waals surface area contributed by atoms with Crippen LogP contribution in [0.15, 0.2) is 12.2 Å². The van der Waals surface area contributed by atoms with Crippen LogP contribution in [0.3, 0.4) is 0 Å². The Bertz CT molecular complexity index is 481. The maximum Gasteiger partial charge on any atom is 0.321 e. The van der Waals surface area contributed by atoms with Crippen LogP contribution in [0.25, 0.3) is 0 Å². The highest BCUT2D eigenvalue weighted by molar-refractivity contribution is 6.05. The average Bonchev–Trinajstić information content (AvgIpc) is 2.61. The van der Waals surface area contributed by atoms with Crippen molar-refractivity contribution in [1.29, 1.82) is 0 Å². The highest BCUT2D eigenvalue weighted by atomic mass is 16.6. The quantitative estimate of drug-likeness (QED) is 0.446. The third kappa shape index (κ3) is 2.05. The minimum atomic E-state index is -1.13. The van der Waals surface area contributed by atoms with E-state index in [-0.39, 0.29) is 18.3 Å². The van der Waals surface area contributed by atoms with Gasteiger partial charge >= 0.3 is 11.9 Å². The predicted molar refractivity (Wildman–Crippen MR) is 70.7 cm³/mol. The van der Waals surface area contributed by atoms with Gasteiger partial charge in [-0.3, -0.25) is 14.4 Å². The molecule has 0 aromatic rings. The number of hydrogen-bond acceptors (Lipinski definition) is 5. The Morgan fingerprint density at radius 1 is 1.50 bits per heavy atom. The maximum atomic E-state index is 12.5. The van der Waals surface area contributed by atoms with Crippen LogP contribution in [0.2, 0.25) is 0 Å². The molecule has 0 N–H and O–H groups in total. The second-order valence-electron chi connectivity index (χ2n) is 5.80. The molecule has 2 rings (SSSR count). The summed E-state index contributed by atoms with van der Waals surface area (Å²) in [4.78, 5) is 36.5. The molecule has 1 saturated carbocycles. The fourth-order valence-corrected chi connectivity index (χ4v) is 3.12. The van der Waals surface area contributed by atoms with E-state index in [1.807, 2.05) is 6.92 Å². The Morgan fingerprint density at radius 3 is 2.70 bits per heavy atom. The monoisotopic (exact) mass is 280 g/mol. The van der Waals surface area contributed by atoms with Gasteiger partial charge in [0.1, 0.15) is 11.9 Å². The van der Waals surface area contributed by atoms with Crippen LogP contribution in [0.5, 0.6) is 0 Å². The van der Waals surface area contributed by atoms with Crippen molar-refractivity contribution in [3.63, 3.8) is 0 Å². The van der Waals surface area contributed by atoms with Gasteiger partial charge in [-0.25, -0.2) is 0 Å². The fraction of sp³-hybridized carbons (Fsp3) is 0.667. The topological polar surface area (TPSA) is 69.7 Å². The zero-order valence-corrected chi connectivity index (χ0v) is 12.1. The molecule has 1 heterocycles. The van der Waals surface area contributed by atoms with E-state index in [2.05, 4.69) is 6.58 Å². The Labute approximate surface area is 118 Å². The van der Waals surface area contributed by atoms with Gasteiger partial charge in [0.05, 0.1) is 12.0 Å². The molecular weight excluding hydrogens is 260 g/mol. The van der Waals surface area contributed by atoms with Crippen molar-refractivity contribution in [3.05, 3.63) is 12.2 Å². The second-order valence-corrected chi connectivity index (χ2v) is 5.80. The molecule has 20 heavy (non-hydrogen) atoms. The van der Waals surface area contributed by atoms with Crippen molar-refractivity contribution in [2.24, 2.45) is 17.3 Å². The number of fused-ring (bicyclic) bond motifs is 1. The number of allylic oxidation sites excluding steroid dienone is 1. The van der Waals surface area contributed by atoms with Gasteiger partial charge in [0.2, 0.25) is 0 Å². The van der Waals surface area contributed by atoms with Gasteiger partial charge in [-0.1, -0.05) is 12.2 Å². The summed E-state index contributed by atoms with van der Waals surface area (Å²) in [6, 6.07) is 0. The van der Waals surface area contributed by atoms with Crippen molar-refractivity contribution >= 4 is 17.7 Å². The van der Waals surface area contributed by atoms with Crippen LogP contribution in [-0.2, 0) is 23.9 Å². The number of carbonyl (C=O) groups excluding carboxylic acids is 3. The van der Waals surface area contributed by atoms with E-state index in [0.29, 0.717) is 12.8 Å². The molecule has 2 aliphatic rings. The van der Waals surface area contributed by atoms with E-state index >= 15 is 0 Å². The zero-order chi connectivity index (χ0) is 15.1.